The molecule has 3 heteroatoms. The van der Waals surface area contributed by atoms with E-state index >= 15 is 0 Å². The SMILES string of the molecule is CC1(CNCC2NCCCC2(C)C)CCOCC1. The van der Waals surface area contributed by atoms with Crippen LogP contribution in [0.2, 0.25) is 0 Å². The minimum absolute atomic E-state index is 0.432. The molecule has 2 rings (SSSR count). The van der Waals surface area contributed by atoms with Crippen LogP contribution >= 0.6 is 0 Å². The highest BCUT2D eigenvalue weighted by Gasteiger charge is 2.32. The van der Waals surface area contributed by atoms with Gasteiger partial charge in [0, 0.05) is 32.3 Å². The van der Waals surface area contributed by atoms with E-state index in [9.17, 15) is 0 Å². The van der Waals surface area contributed by atoms with E-state index in [1.807, 2.05) is 0 Å². The van der Waals surface area contributed by atoms with Crippen molar-refractivity contribution in [2.45, 2.75) is 52.5 Å². The molecule has 0 aromatic rings. The molecule has 2 heterocycles. The molecule has 1 unspecified atom stereocenters. The molecule has 0 aromatic heterocycles. The molecule has 3 nitrogen and oxygen atoms in total. The third kappa shape index (κ3) is 3.69. The monoisotopic (exact) mass is 254 g/mol. The molecule has 18 heavy (non-hydrogen) atoms. The second-order valence-electron chi connectivity index (χ2n) is 7.15. The van der Waals surface area contributed by atoms with Crippen LogP contribution < -0.4 is 10.6 Å². The van der Waals surface area contributed by atoms with Gasteiger partial charge in [-0.25, -0.2) is 0 Å². The topological polar surface area (TPSA) is 33.3 Å². The first-order valence-electron chi connectivity index (χ1n) is 7.54. The molecular weight excluding hydrogens is 224 g/mol. The van der Waals surface area contributed by atoms with Crippen LogP contribution in [0.25, 0.3) is 0 Å². The van der Waals surface area contributed by atoms with Crippen LogP contribution in [0.3, 0.4) is 0 Å². The van der Waals surface area contributed by atoms with Crippen molar-refractivity contribution >= 4 is 0 Å². The zero-order valence-corrected chi connectivity index (χ0v) is 12.3. The Labute approximate surface area is 112 Å². The lowest BCUT2D eigenvalue weighted by atomic mass is 9.77. The summed E-state index contributed by atoms with van der Waals surface area (Å²) in [6.45, 7) is 12.5. The van der Waals surface area contributed by atoms with E-state index in [1.54, 1.807) is 0 Å². The highest BCUT2D eigenvalue weighted by atomic mass is 16.5. The van der Waals surface area contributed by atoms with E-state index in [-0.39, 0.29) is 0 Å². The van der Waals surface area contributed by atoms with Gasteiger partial charge >= 0.3 is 0 Å². The van der Waals surface area contributed by atoms with Gasteiger partial charge in [-0.2, -0.15) is 0 Å². The summed E-state index contributed by atoms with van der Waals surface area (Å²) >= 11 is 0. The van der Waals surface area contributed by atoms with Crippen LogP contribution in [0.4, 0.5) is 0 Å². The molecule has 0 bridgehead atoms. The first kappa shape index (κ1) is 14.3. The second-order valence-corrected chi connectivity index (χ2v) is 7.15. The highest BCUT2D eigenvalue weighted by molar-refractivity contribution is 4.90. The average Bonchev–Trinajstić information content (AvgIpc) is 2.32. The Balaban J connectivity index is 1.74. The molecule has 0 aliphatic carbocycles. The van der Waals surface area contributed by atoms with Gasteiger partial charge in [0.2, 0.25) is 0 Å². The molecule has 0 saturated carbocycles. The predicted octanol–water partition coefficient (Wildman–Crippen LogP) is 2.17. The summed E-state index contributed by atoms with van der Waals surface area (Å²) in [6.07, 6.45) is 5.05. The van der Waals surface area contributed by atoms with Crippen LogP contribution in [0, 0.1) is 10.8 Å². The summed E-state index contributed by atoms with van der Waals surface area (Å²) in [5.41, 5.74) is 0.874. The maximum atomic E-state index is 5.45. The van der Waals surface area contributed by atoms with Gasteiger partial charge in [-0.1, -0.05) is 20.8 Å². The Bertz CT molecular complexity index is 259. The highest BCUT2D eigenvalue weighted by Crippen LogP contribution is 2.31. The molecule has 1 atom stereocenters. The molecule has 2 aliphatic heterocycles. The Morgan fingerprint density at radius 2 is 1.89 bits per heavy atom. The van der Waals surface area contributed by atoms with Crippen LogP contribution in [-0.4, -0.2) is 38.9 Å². The molecule has 106 valence electrons. The van der Waals surface area contributed by atoms with Crippen molar-refractivity contribution in [2.75, 3.05) is 32.8 Å². The first-order chi connectivity index (χ1) is 8.52. The van der Waals surface area contributed by atoms with Crippen LogP contribution in [0.5, 0.6) is 0 Å². The lowest BCUT2D eigenvalue weighted by Crippen LogP contribution is -2.53. The summed E-state index contributed by atoms with van der Waals surface area (Å²) in [7, 11) is 0. The quantitative estimate of drug-likeness (QED) is 0.807. The van der Waals surface area contributed by atoms with E-state index in [1.165, 1.54) is 32.2 Å². The van der Waals surface area contributed by atoms with Gasteiger partial charge in [-0.05, 0) is 43.1 Å². The fourth-order valence-electron chi connectivity index (χ4n) is 3.18. The van der Waals surface area contributed by atoms with Crippen molar-refractivity contribution in [2.24, 2.45) is 10.8 Å². The maximum Gasteiger partial charge on any atom is 0.0471 e. The van der Waals surface area contributed by atoms with Crippen molar-refractivity contribution < 1.29 is 4.74 Å². The van der Waals surface area contributed by atoms with Crippen LogP contribution in [0.15, 0.2) is 0 Å². The average molecular weight is 254 g/mol. The zero-order chi connectivity index (χ0) is 13.1. The summed E-state index contributed by atoms with van der Waals surface area (Å²) in [5.74, 6) is 0. The minimum Gasteiger partial charge on any atom is -0.381 e. The third-order valence-corrected chi connectivity index (χ3v) is 4.93. The number of rotatable bonds is 4. The maximum absolute atomic E-state index is 5.45. The van der Waals surface area contributed by atoms with Crippen molar-refractivity contribution in [3.05, 3.63) is 0 Å². The Kier molecular flexibility index (Phi) is 4.68. The molecule has 0 radical (unpaired) electrons. The van der Waals surface area contributed by atoms with Gasteiger partial charge in [0.25, 0.3) is 0 Å². The molecule has 0 aromatic carbocycles. The molecule has 2 N–H and O–H groups in total. The Morgan fingerprint density at radius 1 is 1.17 bits per heavy atom. The van der Waals surface area contributed by atoms with Crippen molar-refractivity contribution in [3.63, 3.8) is 0 Å². The van der Waals surface area contributed by atoms with Crippen LogP contribution in [0.1, 0.15) is 46.5 Å². The number of hydrogen-bond acceptors (Lipinski definition) is 3. The largest absolute Gasteiger partial charge is 0.381 e. The van der Waals surface area contributed by atoms with Gasteiger partial charge < -0.3 is 15.4 Å². The molecule has 0 amide bonds. The van der Waals surface area contributed by atoms with Gasteiger partial charge in [0.1, 0.15) is 0 Å². The zero-order valence-electron chi connectivity index (χ0n) is 12.3. The summed E-state index contributed by atoms with van der Waals surface area (Å²) < 4.78 is 5.45. The number of nitrogens with one attached hydrogen (secondary N) is 2. The molecule has 2 saturated heterocycles. The smallest absolute Gasteiger partial charge is 0.0471 e. The molecule has 2 fully saturated rings. The lowest BCUT2D eigenvalue weighted by molar-refractivity contribution is 0.0231. The molecule has 2 aliphatic rings. The summed E-state index contributed by atoms with van der Waals surface area (Å²) in [5, 5.41) is 7.38. The van der Waals surface area contributed by atoms with E-state index in [2.05, 4.69) is 31.4 Å². The van der Waals surface area contributed by atoms with Gasteiger partial charge in [-0.15, -0.1) is 0 Å². The normalized spacial score (nSPS) is 31.2. The number of hydrogen-bond donors (Lipinski definition) is 2. The van der Waals surface area contributed by atoms with E-state index < -0.39 is 0 Å². The van der Waals surface area contributed by atoms with Crippen molar-refractivity contribution in [3.8, 4) is 0 Å². The fraction of sp³-hybridized carbons (Fsp3) is 1.00. The number of piperidine rings is 1. The predicted molar refractivity (Wildman–Crippen MR) is 75.8 cm³/mol. The van der Waals surface area contributed by atoms with Crippen molar-refractivity contribution in [1.29, 1.82) is 0 Å². The van der Waals surface area contributed by atoms with Gasteiger partial charge in [-0.3, -0.25) is 0 Å². The number of ether oxygens (including phenoxy) is 1. The minimum atomic E-state index is 0.432. The second kappa shape index (κ2) is 5.89. The summed E-state index contributed by atoms with van der Waals surface area (Å²) in [6, 6.07) is 0.620. The Morgan fingerprint density at radius 3 is 2.56 bits per heavy atom. The van der Waals surface area contributed by atoms with Crippen molar-refractivity contribution in [1.82, 2.24) is 10.6 Å². The summed E-state index contributed by atoms with van der Waals surface area (Å²) in [4.78, 5) is 0. The van der Waals surface area contributed by atoms with Gasteiger partial charge in [0.05, 0.1) is 0 Å². The van der Waals surface area contributed by atoms with Gasteiger partial charge in [0.15, 0.2) is 0 Å². The van der Waals surface area contributed by atoms with E-state index in [0.29, 0.717) is 16.9 Å². The fourth-order valence-corrected chi connectivity index (χ4v) is 3.18. The van der Waals surface area contributed by atoms with E-state index in [0.717, 1.165) is 26.3 Å². The standard InChI is InChI=1S/C15H30N2O/c1-14(2)5-4-8-17-13(14)11-16-12-15(3)6-9-18-10-7-15/h13,16-17H,4-12H2,1-3H3. The van der Waals surface area contributed by atoms with E-state index in [4.69, 9.17) is 4.74 Å². The Hall–Kier alpha value is -0.120. The van der Waals surface area contributed by atoms with Crippen LogP contribution in [-0.2, 0) is 4.74 Å². The molecule has 0 spiro atoms. The molecular formula is C15H30N2O. The first-order valence-corrected chi connectivity index (χ1v) is 7.54. The lowest BCUT2D eigenvalue weighted by Gasteiger charge is -2.41. The third-order valence-electron chi connectivity index (χ3n) is 4.93.